The summed E-state index contributed by atoms with van der Waals surface area (Å²) in [5.41, 5.74) is -0.0427. The first kappa shape index (κ1) is 17.2. The molecule has 6 nitrogen and oxygen atoms in total. The summed E-state index contributed by atoms with van der Waals surface area (Å²) in [5, 5.41) is 0.406. The van der Waals surface area contributed by atoms with E-state index in [0.717, 1.165) is 6.07 Å². The highest BCUT2D eigenvalue weighted by atomic mass is 19.1. The normalized spacial score (nSPS) is 10.2. The molecule has 0 spiro atoms. The maximum absolute atomic E-state index is 13.3. The molecule has 2 N–H and O–H groups in total. The first-order valence-corrected chi connectivity index (χ1v) is 7.63. The van der Waals surface area contributed by atoms with Crippen LogP contribution < -0.4 is 10.6 Å². The summed E-state index contributed by atoms with van der Waals surface area (Å²) in [4.78, 5) is 29.0. The van der Waals surface area contributed by atoms with Crippen LogP contribution in [-0.2, 0) is 0 Å². The second-order valence-corrected chi connectivity index (χ2v) is 5.26. The lowest BCUT2D eigenvalue weighted by Gasteiger charge is -2.16. The zero-order valence-corrected chi connectivity index (χ0v) is 13.5. The largest absolute Gasteiger partial charge is 0.438 e. The number of carbonyl (C=O) groups excluding carboxylic acids is 2. The Bertz CT molecular complexity index is 948. The van der Waals surface area contributed by atoms with Gasteiger partial charge in [-0.2, -0.15) is 0 Å². The van der Waals surface area contributed by atoms with Crippen LogP contribution in [-0.4, -0.2) is 21.8 Å². The van der Waals surface area contributed by atoms with Crippen LogP contribution in [0.25, 0.3) is 0 Å². The second-order valence-electron chi connectivity index (χ2n) is 5.26. The highest BCUT2D eigenvalue weighted by Gasteiger charge is 2.25. The molecule has 0 saturated heterocycles. The van der Waals surface area contributed by atoms with Gasteiger partial charge >= 0.3 is 0 Å². The van der Waals surface area contributed by atoms with E-state index in [1.165, 1.54) is 36.5 Å². The molecule has 0 atom stereocenters. The number of ether oxygens (including phenoxy) is 1. The first-order chi connectivity index (χ1) is 12.6. The third kappa shape index (κ3) is 3.73. The number of pyridine rings is 1. The summed E-state index contributed by atoms with van der Waals surface area (Å²) in [6.45, 7) is 0. The summed E-state index contributed by atoms with van der Waals surface area (Å²) in [6, 6.07) is 16.6. The number of aromatic nitrogens is 1. The van der Waals surface area contributed by atoms with Gasteiger partial charge in [-0.15, -0.1) is 0 Å². The zero-order chi connectivity index (χ0) is 18.5. The lowest BCUT2D eigenvalue weighted by molar-refractivity contribution is 0.0613. The van der Waals surface area contributed by atoms with Gasteiger partial charge in [0, 0.05) is 11.8 Å². The van der Waals surface area contributed by atoms with Crippen molar-refractivity contribution in [3.05, 3.63) is 89.9 Å². The van der Waals surface area contributed by atoms with Gasteiger partial charge in [-0.3, -0.25) is 9.59 Å². The van der Waals surface area contributed by atoms with E-state index in [-0.39, 0.29) is 17.0 Å². The van der Waals surface area contributed by atoms with Gasteiger partial charge in [-0.25, -0.2) is 20.2 Å². The van der Waals surface area contributed by atoms with Crippen LogP contribution in [0.4, 0.5) is 4.39 Å². The van der Waals surface area contributed by atoms with Crippen LogP contribution in [0.1, 0.15) is 20.7 Å². The van der Waals surface area contributed by atoms with E-state index in [9.17, 15) is 14.0 Å². The number of benzene rings is 2. The van der Waals surface area contributed by atoms with Crippen LogP contribution in [0, 0.1) is 5.82 Å². The first-order valence-electron chi connectivity index (χ1n) is 7.63. The van der Waals surface area contributed by atoms with E-state index in [1.807, 2.05) is 6.07 Å². The van der Waals surface area contributed by atoms with Crippen LogP contribution >= 0.6 is 0 Å². The minimum Gasteiger partial charge on any atom is -0.438 e. The predicted octanol–water partition coefficient (Wildman–Crippen LogP) is 3.17. The van der Waals surface area contributed by atoms with Gasteiger partial charge < -0.3 is 4.74 Å². The number of halogens is 1. The van der Waals surface area contributed by atoms with E-state index in [0.29, 0.717) is 10.8 Å². The number of rotatable bonds is 4. The number of hydrogen-bond acceptors (Lipinski definition) is 5. The smallest absolute Gasteiger partial charge is 0.280 e. The second kappa shape index (κ2) is 7.54. The fourth-order valence-corrected chi connectivity index (χ4v) is 2.22. The SMILES string of the molecule is NN(C(=O)c1cccc(F)c1)C(=O)c1cccnc1Oc1ccccc1. The summed E-state index contributed by atoms with van der Waals surface area (Å²) < 4.78 is 18.9. The molecule has 0 fully saturated rings. The summed E-state index contributed by atoms with van der Waals surface area (Å²) in [6.07, 6.45) is 1.45. The average Bonchev–Trinajstić information content (AvgIpc) is 2.67. The van der Waals surface area contributed by atoms with Gasteiger partial charge in [0.1, 0.15) is 17.1 Å². The Balaban J connectivity index is 1.86. The molecule has 2 amide bonds. The van der Waals surface area contributed by atoms with Crippen molar-refractivity contribution in [2.75, 3.05) is 0 Å². The fraction of sp³-hybridized carbons (Fsp3) is 0. The predicted molar refractivity (Wildman–Crippen MR) is 91.8 cm³/mol. The van der Waals surface area contributed by atoms with E-state index in [2.05, 4.69) is 4.98 Å². The molecule has 0 saturated carbocycles. The van der Waals surface area contributed by atoms with Crippen LogP contribution in [0.2, 0.25) is 0 Å². The van der Waals surface area contributed by atoms with Crippen molar-refractivity contribution in [2.45, 2.75) is 0 Å². The molecule has 3 rings (SSSR count). The van der Waals surface area contributed by atoms with Gasteiger partial charge in [0.25, 0.3) is 11.8 Å². The van der Waals surface area contributed by atoms with Crippen molar-refractivity contribution in [2.24, 2.45) is 5.84 Å². The monoisotopic (exact) mass is 351 g/mol. The number of hydrazine groups is 1. The highest BCUT2D eigenvalue weighted by molar-refractivity contribution is 6.10. The quantitative estimate of drug-likeness (QED) is 0.338. The summed E-state index contributed by atoms with van der Waals surface area (Å²) in [5.74, 6) is 3.87. The van der Waals surface area contributed by atoms with Crippen LogP contribution in [0.3, 0.4) is 0 Å². The molecule has 1 aromatic heterocycles. The minimum absolute atomic E-state index is 0.00334. The lowest BCUT2D eigenvalue weighted by Crippen LogP contribution is -2.42. The number of carbonyl (C=O) groups is 2. The number of imide groups is 1. The van der Waals surface area contributed by atoms with Gasteiger partial charge in [-0.1, -0.05) is 24.3 Å². The molecular weight excluding hydrogens is 337 g/mol. The number of para-hydroxylation sites is 1. The Kier molecular flexibility index (Phi) is 5.00. The van der Waals surface area contributed by atoms with Gasteiger partial charge in [0.15, 0.2) is 0 Å². The van der Waals surface area contributed by atoms with Crippen molar-refractivity contribution < 1.29 is 18.7 Å². The van der Waals surface area contributed by atoms with Crippen molar-refractivity contribution in [1.29, 1.82) is 0 Å². The van der Waals surface area contributed by atoms with Crippen LogP contribution in [0.15, 0.2) is 72.9 Å². The highest BCUT2D eigenvalue weighted by Crippen LogP contribution is 2.23. The van der Waals surface area contributed by atoms with Crippen molar-refractivity contribution in [1.82, 2.24) is 9.99 Å². The molecule has 0 aliphatic carbocycles. The minimum atomic E-state index is -0.844. The van der Waals surface area contributed by atoms with Crippen molar-refractivity contribution in [3.63, 3.8) is 0 Å². The number of nitrogens with two attached hydrogens (primary N) is 1. The van der Waals surface area contributed by atoms with E-state index in [4.69, 9.17) is 10.6 Å². The van der Waals surface area contributed by atoms with E-state index < -0.39 is 17.6 Å². The third-order valence-electron chi connectivity index (χ3n) is 3.47. The Labute approximate surface area is 148 Å². The molecule has 0 aliphatic heterocycles. The summed E-state index contributed by atoms with van der Waals surface area (Å²) >= 11 is 0. The maximum Gasteiger partial charge on any atom is 0.280 e. The van der Waals surface area contributed by atoms with E-state index >= 15 is 0 Å². The molecule has 130 valence electrons. The summed E-state index contributed by atoms with van der Waals surface area (Å²) in [7, 11) is 0. The molecule has 1 heterocycles. The Morgan fingerprint density at radius 2 is 1.73 bits per heavy atom. The molecular formula is C19H14FN3O3. The number of amides is 2. The van der Waals surface area contributed by atoms with Gasteiger partial charge in [0.05, 0.1) is 0 Å². The Hall–Kier alpha value is -3.58. The molecule has 0 aliphatic rings. The van der Waals surface area contributed by atoms with Crippen molar-refractivity contribution >= 4 is 11.8 Å². The molecule has 26 heavy (non-hydrogen) atoms. The van der Waals surface area contributed by atoms with Crippen molar-refractivity contribution in [3.8, 4) is 11.6 Å². The average molecular weight is 351 g/mol. The maximum atomic E-state index is 13.3. The number of nitrogens with zero attached hydrogens (tertiary/aromatic N) is 2. The third-order valence-corrected chi connectivity index (χ3v) is 3.47. The Morgan fingerprint density at radius 1 is 0.962 bits per heavy atom. The van der Waals surface area contributed by atoms with Gasteiger partial charge in [0.2, 0.25) is 5.88 Å². The molecule has 0 unspecified atom stereocenters. The van der Waals surface area contributed by atoms with Gasteiger partial charge in [-0.05, 0) is 42.5 Å². The number of hydrogen-bond donors (Lipinski definition) is 1. The molecule has 0 bridgehead atoms. The fourth-order valence-electron chi connectivity index (χ4n) is 2.22. The molecule has 2 aromatic carbocycles. The van der Waals surface area contributed by atoms with Crippen LogP contribution in [0.5, 0.6) is 11.6 Å². The van der Waals surface area contributed by atoms with E-state index in [1.54, 1.807) is 24.3 Å². The topological polar surface area (TPSA) is 85.5 Å². The molecule has 0 radical (unpaired) electrons. The standard InChI is InChI=1S/C19H14FN3O3/c20-14-7-4-6-13(12-14)18(24)23(21)19(25)16-10-5-11-22-17(16)26-15-8-2-1-3-9-15/h1-12H,21H2. The lowest BCUT2D eigenvalue weighted by atomic mass is 10.2. The Morgan fingerprint density at radius 3 is 2.46 bits per heavy atom. The molecule has 3 aromatic rings. The zero-order valence-electron chi connectivity index (χ0n) is 13.5. The molecule has 7 heteroatoms.